The van der Waals surface area contributed by atoms with Gasteiger partial charge in [0.25, 0.3) is 5.91 Å². The average molecular weight is 327 g/mol. The molecule has 1 atom stereocenters. The van der Waals surface area contributed by atoms with E-state index < -0.39 is 18.0 Å². The highest BCUT2D eigenvalue weighted by molar-refractivity contribution is 6.04. The Balaban J connectivity index is 1.68. The molecule has 7 heteroatoms. The van der Waals surface area contributed by atoms with E-state index in [0.717, 1.165) is 0 Å². The molecule has 1 saturated heterocycles. The van der Waals surface area contributed by atoms with Crippen LogP contribution in [0, 0.1) is 5.82 Å². The van der Waals surface area contributed by atoms with Crippen LogP contribution in [0.1, 0.15) is 17.2 Å². The Morgan fingerprint density at radius 3 is 2.54 bits per heavy atom. The van der Waals surface area contributed by atoms with Gasteiger partial charge in [-0.05, 0) is 35.4 Å². The van der Waals surface area contributed by atoms with Crippen LogP contribution in [0.4, 0.5) is 14.9 Å². The Morgan fingerprint density at radius 2 is 1.88 bits per heavy atom. The highest BCUT2D eigenvalue weighted by Crippen LogP contribution is 2.20. The standard InChI is InChI=1S/C17H14FN3O3/c18-12-6-4-10(5-7-12)8-14(22)19-13-3-1-2-11(9-13)15-16(23)21-17(24)20-15/h1-7,9,15H,8H2,(H,19,22)(H2,20,21,23,24). The van der Waals surface area contributed by atoms with E-state index >= 15 is 0 Å². The maximum Gasteiger partial charge on any atom is 0.322 e. The van der Waals surface area contributed by atoms with Crippen molar-refractivity contribution in [2.24, 2.45) is 0 Å². The first kappa shape index (κ1) is 15.7. The fourth-order valence-electron chi connectivity index (χ4n) is 2.44. The van der Waals surface area contributed by atoms with Gasteiger partial charge >= 0.3 is 6.03 Å². The lowest BCUT2D eigenvalue weighted by atomic mass is 10.1. The van der Waals surface area contributed by atoms with Crippen molar-refractivity contribution in [2.75, 3.05) is 5.32 Å². The molecule has 0 radical (unpaired) electrons. The van der Waals surface area contributed by atoms with Gasteiger partial charge in [-0.2, -0.15) is 0 Å². The van der Waals surface area contributed by atoms with Gasteiger partial charge in [0.05, 0.1) is 6.42 Å². The van der Waals surface area contributed by atoms with Crippen LogP contribution in [0.15, 0.2) is 48.5 Å². The molecule has 3 N–H and O–H groups in total. The summed E-state index contributed by atoms with van der Waals surface area (Å²) in [5, 5.41) is 7.37. The lowest BCUT2D eigenvalue weighted by molar-refractivity contribution is -0.120. The zero-order valence-electron chi connectivity index (χ0n) is 12.5. The molecule has 0 aliphatic carbocycles. The second kappa shape index (κ2) is 6.49. The minimum absolute atomic E-state index is 0.102. The van der Waals surface area contributed by atoms with E-state index in [0.29, 0.717) is 16.8 Å². The quantitative estimate of drug-likeness (QED) is 0.750. The van der Waals surface area contributed by atoms with E-state index in [-0.39, 0.29) is 18.1 Å². The second-order valence-electron chi connectivity index (χ2n) is 5.37. The lowest BCUT2D eigenvalue weighted by Gasteiger charge is -2.11. The molecule has 3 rings (SSSR count). The minimum atomic E-state index is -0.772. The van der Waals surface area contributed by atoms with Gasteiger partial charge in [-0.25, -0.2) is 9.18 Å². The zero-order valence-corrected chi connectivity index (χ0v) is 12.5. The highest BCUT2D eigenvalue weighted by Gasteiger charge is 2.30. The summed E-state index contributed by atoms with van der Waals surface area (Å²) in [6, 6.07) is 11.0. The first-order chi connectivity index (χ1) is 11.5. The van der Waals surface area contributed by atoms with Crippen LogP contribution in [0.25, 0.3) is 0 Å². The highest BCUT2D eigenvalue weighted by atomic mass is 19.1. The Labute approximate surface area is 137 Å². The predicted molar refractivity (Wildman–Crippen MR) is 84.6 cm³/mol. The summed E-state index contributed by atoms with van der Waals surface area (Å²) in [4.78, 5) is 34.9. The van der Waals surface area contributed by atoms with E-state index in [1.54, 1.807) is 36.4 Å². The number of nitrogens with one attached hydrogen (secondary N) is 3. The second-order valence-corrected chi connectivity index (χ2v) is 5.37. The molecule has 6 nitrogen and oxygen atoms in total. The number of hydrogen-bond acceptors (Lipinski definition) is 3. The van der Waals surface area contributed by atoms with Gasteiger partial charge in [0.2, 0.25) is 5.91 Å². The van der Waals surface area contributed by atoms with E-state index in [2.05, 4.69) is 16.0 Å². The summed E-state index contributed by atoms with van der Waals surface area (Å²) < 4.78 is 12.9. The Morgan fingerprint density at radius 1 is 1.12 bits per heavy atom. The molecule has 0 bridgehead atoms. The van der Waals surface area contributed by atoms with Crippen molar-refractivity contribution >= 4 is 23.5 Å². The number of urea groups is 1. The summed E-state index contributed by atoms with van der Waals surface area (Å²) in [5.74, 6) is -1.06. The van der Waals surface area contributed by atoms with Gasteiger partial charge in [-0.3, -0.25) is 14.9 Å². The number of carbonyl (C=O) groups excluding carboxylic acids is 3. The monoisotopic (exact) mass is 327 g/mol. The van der Waals surface area contributed by atoms with Crippen LogP contribution in [0.5, 0.6) is 0 Å². The molecule has 122 valence electrons. The lowest BCUT2D eigenvalue weighted by Crippen LogP contribution is -2.22. The number of anilines is 1. The third-order valence-electron chi connectivity index (χ3n) is 3.56. The molecule has 2 aromatic carbocycles. The number of halogens is 1. The van der Waals surface area contributed by atoms with Crippen LogP contribution in [-0.4, -0.2) is 17.8 Å². The maximum absolute atomic E-state index is 12.9. The van der Waals surface area contributed by atoms with Gasteiger partial charge < -0.3 is 10.6 Å². The van der Waals surface area contributed by atoms with Crippen LogP contribution in [0.2, 0.25) is 0 Å². The van der Waals surface area contributed by atoms with E-state index in [1.807, 2.05) is 0 Å². The molecule has 24 heavy (non-hydrogen) atoms. The normalized spacial score (nSPS) is 16.5. The molecule has 1 aliphatic rings. The largest absolute Gasteiger partial charge is 0.326 e. The third-order valence-corrected chi connectivity index (χ3v) is 3.56. The zero-order chi connectivity index (χ0) is 17.1. The van der Waals surface area contributed by atoms with Gasteiger partial charge in [0, 0.05) is 5.69 Å². The number of amides is 4. The molecule has 4 amide bonds. The Hall–Kier alpha value is -3.22. The molecule has 0 aromatic heterocycles. The molecule has 2 aromatic rings. The van der Waals surface area contributed by atoms with Crippen molar-refractivity contribution in [3.05, 3.63) is 65.5 Å². The molecule has 0 saturated carbocycles. The molecule has 1 aliphatic heterocycles. The molecular formula is C17H14FN3O3. The summed E-state index contributed by atoms with van der Waals surface area (Å²) in [6.45, 7) is 0. The number of carbonyl (C=O) groups is 3. The number of imide groups is 1. The number of benzene rings is 2. The predicted octanol–water partition coefficient (Wildman–Crippen LogP) is 1.89. The van der Waals surface area contributed by atoms with Gasteiger partial charge in [-0.1, -0.05) is 24.3 Å². The van der Waals surface area contributed by atoms with Crippen LogP contribution < -0.4 is 16.0 Å². The van der Waals surface area contributed by atoms with Gasteiger partial charge in [0.1, 0.15) is 11.9 Å². The van der Waals surface area contributed by atoms with E-state index in [1.165, 1.54) is 12.1 Å². The maximum atomic E-state index is 12.9. The molecule has 1 fully saturated rings. The summed E-state index contributed by atoms with van der Waals surface area (Å²) in [7, 11) is 0. The summed E-state index contributed by atoms with van der Waals surface area (Å²) >= 11 is 0. The van der Waals surface area contributed by atoms with Crippen molar-refractivity contribution in [3.8, 4) is 0 Å². The fraction of sp³-hybridized carbons (Fsp3) is 0.118. The average Bonchev–Trinajstić information content (AvgIpc) is 2.88. The van der Waals surface area contributed by atoms with Crippen molar-refractivity contribution < 1.29 is 18.8 Å². The smallest absolute Gasteiger partial charge is 0.322 e. The first-order valence-corrected chi connectivity index (χ1v) is 7.27. The van der Waals surface area contributed by atoms with Crippen LogP contribution in [0.3, 0.4) is 0 Å². The van der Waals surface area contributed by atoms with Gasteiger partial charge in [-0.15, -0.1) is 0 Å². The number of hydrogen-bond donors (Lipinski definition) is 3. The van der Waals surface area contributed by atoms with Crippen molar-refractivity contribution in [1.29, 1.82) is 0 Å². The third kappa shape index (κ3) is 3.57. The van der Waals surface area contributed by atoms with Gasteiger partial charge in [0.15, 0.2) is 0 Å². The van der Waals surface area contributed by atoms with Crippen molar-refractivity contribution in [1.82, 2.24) is 10.6 Å². The van der Waals surface area contributed by atoms with Crippen LogP contribution >= 0.6 is 0 Å². The first-order valence-electron chi connectivity index (χ1n) is 7.27. The Kier molecular flexibility index (Phi) is 4.24. The molecular weight excluding hydrogens is 313 g/mol. The van der Waals surface area contributed by atoms with Crippen molar-refractivity contribution in [2.45, 2.75) is 12.5 Å². The van der Waals surface area contributed by atoms with Crippen molar-refractivity contribution in [3.63, 3.8) is 0 Å². The summed E-state index contributed by atoms with van der Waals surface area (Å²) in [5.41, 5.74) is 1.76. The summed E-state index contributed by atoms with van der Waals surface area (Å²) in [6.07, 6.45) is 0.102. The SMILES string of the molecule is O=C(Cc1ccc(F)cc1)Nc1cccc(C2NC(=O)NC2=O)c1. The minimum Gasteiger partial charge on any atom is -0.326 e. The molecule has 0 spiro atoms. The van der Waals surface area contributed by atoms with Crippen LogP contribution in [-0.2, 0) is 16.0 Å². The fourth-order valence-corrected chi connectivity index (χ4v) is 2.44. The topological polar surface area (TPSA) is 87.3 Å². The van der Waals surface area contributed by atoms with E-state index in [9.17, 15) is 18.8 Å². The molecule has 1 heterocycles. The number of rotatable bonds is 4. The Bertz CT molecular complexity index is 805. The van der Waals surface area contributed by atoms with E-state index in [4.69, 9.17) is 0 Å². The molecule has 1 unspecified atom stereocenters.